The highest BCUT2D eigenvalue weighted by molar-refractivity contribution is 7.10. The third-order valence-electron chi connectivity index (χ3n) is 2.74. The van der Waals surface area contributed by atoms with Crippen molar-refractivity contribution in [1.82, 2.24) is 10.2 Å². The Kier molecular flexibility index (Phi) is 6.64. The average Bonchev–Trinajstić information content (AvgIpc) is 2.81. The van der Waals surface area contributed by atoms with Crippen LogP contribution in [-0.2, 0) is 4.74 Å². The second-order valence-corrected chi connectivity index (χ2v) is 4.89. The van der Waals surface area contributed by atoms with Gasteiger partial charge in [0.15, 0.2) is 0 Å². The van der Waals surface area contributed by atoms with Gasteiger partial charge in [-0.3, -0.25) is 4.90 Å². The Hall–Kier alpha value is -0.420. The predicted octanol–water partition coefficient (Wildman–Crippen LogP) is 1.98. The SMILES string of the molecule is COCCNCCN(C)C(C)c1cccs1. The van der Waals surface area contributed by atoms with E-state index < -0.39 is 0 Å². The molecule has 0 aliphatic rings. The molecule has 3 nitrogen and oxygen atoms in total. The molecule has 1 heterocycles. The molecule has 4 heteroatoms. The lowest BCUT2D eigenvalue weighted by molar-refractivity contribution is 0.196. The molecule has 0 aliphatic heterocycles. The van der Waals surface area contributed by atoms with Gasteiger partial charge in [0.05, 0.1) is 6.61 Å². The van der Waals surface area contributed by atoms with Crippen molar-refractivity contribution >= 4 is 11.3 Å². The molecule has 1 unspecified atom stereocenters. The lowest BCUT2D eigenvalue weighted by Crippen LogP contribution is -2.32. The van der Waals surface area contributed by atoms with Crippen LogP contribution < -0.4 is 5.32 Å². The topological polar surface area (TPSA) is 24.5 Å². The van der Waals surface area contributed by atoms with E-state index in [0.29, 0.717) is 6.04 Å². The summed E-state index contributed by atoms with van der Waals surface area (Å²) in [6.07, 6.45) is 0. The number of ether oxygens (including phenoxy) is 1. The molecular formula is C12H22N2OS. The number of nitrogens with one attached hydrogen (secondary N) is 1. The maximum atomic E-state index is 4.98. The highest BCUT2D eigenvalue weighted by Crippen LogP contribution is 2.22. The molecule has 0 spiro atoms. The van der Waals surface area contributed by atoms with Crippen LogP contribution in [0, 0.1) is 0 Å². The molecule has 1 N–H and O–H groups in total. The minimum absolute atomic E-state index is 0.504. The fourth-order valence-corrected chi connectivity index (χ4v) is 2.34. The minimum atomic E-state index is 0.504. The summed E-state index contributed by atoms with van der Waals surface area (Å²) in [6.45, 7) is 6.03. The van der Waals surface area contributed by atoms with E-state index in [-0.39, 0.29) is 0 Å². The first-order valence-corrected chi connectivity index (χ1v) is 6.57. The monoisotopic (exact) mass is 242 g/mol. The zero-order valence-electron chi connectivity index (χ0n) is 10.4. The Morgan fingerprint density at radius 2 is 2.31 bits per heavy atom. The van der Waals surface area contributed by atoms with Gasteiger partial charge in [0.25, 0.3) is 0 Å². The second kappa shape index (κ2) is 7.79. The molecule has 0 bridgehead atoms. The van der Waals surface area contributed by atoms with Crippen molar-refractivity contribution < 1.29 is 4.74 Å². The van der Waals surface area contributed by atoms with E-state index in [4.69, 9.17) is 4.74 Å². The number of methoxy groups -OCH3 is 1. The molecule has 0 saturated carbocycles. The van der Waals surface area contributed by atoms with Crippen molar-refractivity contribution in [2.24, 2.45) is 0 Å². The summed E-state index contributed by atoms with van der Waals surface area (Å²) in [5, 5.41) is 5.49. The zero-order chi connectivity index (χ0) is 11.8. The number of hydrogen-bond donors (Lipinski definition) is 1. The van der Waals surface area contributed by atoms with Crippen molar-refractivity contribution in [3.05, 3.63) is 22.4 Å². The molecule has 1 atom stereocenters. The average molecular weight is 242 g/mol. The van der Waals surface area contributed by atoms with Gasteiger partial charge >= 0.3 is 0 Å². The van der Waals surface area contributed by atoms with Crippen molar-refractivity contribution in [3.8, 4) is 0 Å². The van der Waals surface area contributed by atoms with Gasteiger partial charge in [-0.2, -0.15) is 0 Å². The molecule has 0 saturated heterocycles. The first-order valence-electron chi connectivity index (χ1n) is 5.69. The van der Waals surface area contributed by atoms with Crippen LogP contribution in [0.5, 0.6) is 0 Å². The van der Waals surface area contributed by atoms with Gasteiger partial charge in [0.1, 0.15) is 0 Å². The Morgan fingerprint density at radius 1 is 1.50 bits per heavy atom. The van der Waals surface area contributed by atoms with Gasteiger partial charge < -0.3 is 10.1 Å². The lowest BCUT2D eigenvalue weighted by atomic mass is 10.2. The molecule has 0 fully saturated rings. The zero-order valence-corrected chi connectivity index (χ0v) is 11.2. The van der Waals surface area contributed by atoms with Gasteiger partial charge in [0, 0.05) is 37.7 Å². The number of hydrogen-bond acceptors (Lipinski definition) is 4. The highest BCUT2D eigenvalue weighted by Gasteiger charge is 2.11. The van der Waals surface area contributed by atoms with Crippen molar-refractivity contribution in [2.45, 2.75) is 13.0 Å². The van der Waals surface area contributed by atoms with E-state index in [1.54, 1.807) is 7.11 Å². The van der Waals surface area contributed by atoms with Gasteiger partial charge in [-0.15, -0.1) is 11.3 Å². The van der Waals surface area contributed by atoms with Crippen molar-refractivity contribution in [2.75, 3.05) is 40.4 Å². The second-order valence-electron chi connectivity index (χ2n) is 3.91. The molecule has 1 rings (SSSR count). The van der Waals surface area contributed by atoms with Crippen molar-refractivity contribution in [3.63, 3.8) is 0 Å². The largest absolute Gasteiger partial charge is 0.383 e. The number of nitrogens with zero attached hydrogens (tertiary/aromatic N) is 1. The van der Waals surface area contributed by atoms with E-state index in [0.717, 1.165) is 26.2 Å². The third-order valence-corrected chi connectivity index (χ3v) is 3.78. The summed E-state index contributed by atoms with van der Waals surface area (Å²) in [4.78, 5) is 3.80. The van der Waals surface area contributed by atoms with Crippen LogP contribution in [0.3, 0.4) is 0 Å². The Morgan fingerprint density at radius 3 is 2.94 bits per heavy atom. The standard InChI is InChI=1S/C12H22N2OS/c1-11(12-5-4-10-16-12)14(2)8-6-13-7-9-15-3/h4-5,10-11,13H,6-9H2,1-3H3. The molecule has 1 aromatic heterocycles. The van der Waals surface area contributed by atoms with E-state index in [9.17, 15) is 0 Å². The number of thiophene rings is 1. The summed E-state index contributed by atoms with van der Waals surface area (Å²) in [7, 11) is 3.90. The fourth-order valence-electron chi connectivity index (χ4n) is 1.49. The minimum Gasteiger partial charge on any atom is -0.383 e. The summed E-state index contributed by atoms with van der Waals surface area (Å²) >= 11 is 1.82. The Bertz CT molecular complexity index is 264. The van der Waals surface area contributed by atoms with E-state index in [1.807, 2.05) is 11.3 Å². The van der Waals surface area contributed by atoms with Gasteiger partial charge in [-0.1, -0.05) is 6.07 Å². The van der Waals surface area contributed by atoms with Gasteiger partial charge in [-0.05, 0) is 25.4 Å². The first kappa shape index (κ1) is 13.6. The molecule has 0 radical (unpaired) electrons. The first-order chi connectivity index (χ1) is 7.75. The Labute approximate surface area is 102 Å². The van der Waals surface area contributed by atoms with Crippen molar-refractivity contribution in [1.29, 1.82) is 0 Å². The van der Waals surface area contributed by atoms with Crippen LogP contribution in [0.2, 0.25) is 0 Å². The van der Waals surface area contributed by atoms with Crippen LogP contribution in [0.15, 0.2) is 17.5 Å². The summed E-state index contributed by atoms with van der Waals surface area (Å²) < 4.78 is 4.98. The van der Waals surface area contributed by atoms with E-state index in [2.05, 4.69) is 41.7 Å². The third kappa shape index (κ3) is 4.61. The maximum absolute atomic E-state index is 4.98. The molecule has 16 heavy (non-hydrogen) atoms. The maximum Gasteiger partial charge on any atom is 0.0587 e. The lowest BCUT2D eigenvalue weighted by Gasteiger charge is -2.23. The predicted molar refractivity (Wildman–Crippen MR) is 70.1 cm³/mol. The number of likely N-dealkylation sites (N-methyl/N-ethyl adjacent to an activating group) is 1. The Balaban J connectivity index is 2.17. The van der Waals surface area contributed by atoms with Crippen LogP contribution in [0.1, 0.15) is 17.8 Å². The van der Waals surface area contributed by atoms with Gasteiger partial charge in [0.2, 0.25) is 0 Å². The summed E-state index contributed by atoms with van der Waals surface area (Å²) in [5.74, 6) is 0. The molecule has 0 aromatic carbocycles. The summed E-state index contributed by atoms with van der Waals surface area (Å²) in [5.41, 5.74) is 0. The number of rotatable bonds is 8. The van der Waals surface area contributed by atoms with E-state index in [1.165, 1.54) is 4.88 Å². The van der Waals surface area contributed by atoms with Gasteiger partial charge in [-0.25, -0.2) is 0 Å². The summed E-state index contributed by atoms with van der Waals surface area (Å²) in [6, 6.07) is 4.81. The van der Waals surface area contributed by atoms with Crippen LogP contribution in [0.4, 0.5) is 0 Å². The van der Waals surface area contributed by atoms with E-state index >= 15 is 0 Å². The quantitative estimate of drug-likeness (QED) is 0.706. The molecule has 0 aliphatic carbocycles. The molecular weight excluding hydrogens is 220 g/mol. The highest BCUT2D eigenvalue weighted by atomic mass is 32.1. The normalized spacial score (nSPS) is 13.2. The molecule has 92 valence electrons. The van der Waals surface area contributed by atoms with Crippen LogP contribution in [0.25, 0.3) is 0 Å². The molecule has 1 aromatic rings. The van der Waals surface area contributed by atoms with Crippen LogP contribution in [-0.4, -0.2) is 45.3 Å². The molecule has 0 amide bonds. The fraction of sp³-hybridized carbons (Fsp3) is 0.667. The smallest absolute Gasteiger partial charge is 0.0587 e. The van der Waals surface area contributed by atoms with Crippen LogP contribution >= 0.6 is 11.3 Å².